The Morgan fingerprint density at radius 2 is 1.78 bits per heavy atom. The van der Waals surface area contributed by atoms with Crippen molar-refractivity contribution in [3.8, 4) is 5.75 Å². The van der Waals surface area contributed by atoms with Crippen molar-refractivity contribution in [2.45, 2.75) is 33.7 Å². The number of ether oxygens (including phenoxy) is 1. The van der Waals surface area contributed by atoms with E-state index >= 15 is 0 Å². The molecule has 1 aromatic heterocycles. The van der Waals surface area contributed by atoms with Crippen LogP contribution in [-0.2, 0) is 13.0 Å². The standard InChI is InChI=1S/C23H25NO3/c1-15-10-16(2)21(17(3)11-15)13-20-8-9-22(27-20)23(25)24-14-18-6-5-7-19(12-18)26-4/h5-12H,13-14H2,1-4H3,(H,24,25). The van der Waals surface area contributed by atoms with Gasteiger partial charge in [0, 0.05) is 13.0 Å². The zero-order valence-electron chi connectivity index (χ0n) is 16.3. The largest absolute Gasteiger partial charge is 0.497 e. The summed E-state index contributed by atoms with van der Waals surface area (Å²) in [5, 5.41) is 2.89. The van der Waals surface area contributed by atoms with Crippen LogP contribution >= 0.6 is 0 Å². The number of hydrogen-bond acceptors (Lipinski definition) is 3. The highest BCUT2D eigenvalue weighted by Gasteiger charge is 2.13. The molecule has 0 unspecified atom stereocenters. The number of carbonyl (C=O) groups excluding carboxylic acids is 1. The summed E-state index contributed by atoms with van der Waals surface area (Å²) in [6, 6.07) is 15.6. The van der Waals surface area contributed by atoms with Gasteiger partial charge in [-0.15, -0.1) is 0 Å². The Morgan fingerprint density at radius 3 is 2.48 bits per heavy atom. The first-order valence-electron chi connectivity index (χ1n) is 9.03. The number of hydrogen-bond donors (Lipinski definition) is 1. The molecule has 27 heavy (non-hydrogen) atoms. The fourth-order valence-corrected chi connectivity index (χ4v) is 3.31. The molecule has 1 N–H and O–H groups in total. The van der Waals surface area contributed by atoms with E-state index in [2.05, 4.69) is 38.2 Å². The van der Waals surface area contributed by atoms with Crippen LogP contribution in [0.15, 0.2) is 52.9 Å². The minimum atomic E-state index is -0.221. The molecule has 4 heteroatoms. The summed E-state index contributed by atoms with van der Waals surface area (Å²) in [6.07, 6.45) is 0.682. The third kappa shape index (κ3) is 4.59. The number of carbonyl (C=O) groups is 1. The molecule has 0 saturated heterocycles. The summed E-state index contributed by atoms with van der Waals surface area (Å²) in [5.74, 6) is 1.67. The molecular weight excluding hydrogens is 338 g/mol. The van der Waals surface area contributed by atoms with Gasteiger partial charge < -0.3 is 14.5 Å². The lowest BCUT2D eigenvalue weighted by Gasteiger charge is -2.10. The van der Waals surface area contributed by atoms with Crippen LogP contribution in [0.2, 0.25) is 0 Å². The third-order valence-corrected chi connectivity index (χ3v) is 4.66. The van der Waals surface area contributed by atoms with Crippen LogP contribution in [0, 0.1) is 20.8 Å². The fraction of sp³-hybridized carbons (Fsp3) is 0.261. The predicted octanol–water partition coefficient (Wildman–Crippen LogP) is 4.73. The average molecular weight is 363 g/mol. The van der Waals surface area contributed by atoms with Crippen LogP contribution in [0.25, 0.3) is 0 Å². The first-order chi connectivity index (χ1) is 13.0. The Balaban J connectivity index is 1.65. The summed E-state index contributed by atoms with van der Waals surface area (Å²) in [7, 11) is 1.62. The summed E-state index contributed by atoms with van der Waals surface area (Å²) in [5.41, 5.74) is 5.96. The monoisotopic (exact) mass is 363 g/mol. The number of nitrogens with one attached hydrogen (secondary N) is 1. The molecule has 0 bridgehead atoms. The number of amides is 1. The topological polar surface area (TPSA) is 51.5 Å². The molecule has 0 spiro atoms. The van der Waals surface area contributed by atoms with E-state index in [0.29, 0.717) is 18.7 Å². The second-order valence-corrected chi connectivity index (χ2v) is 6.85. The maximum atomic E-state index is 12.4. The van der Waals surface area contributed by atoms with E-state index in [0.717, 1.165) is 17.1 Å². The van der Waals surface area contributed by atoms with Crippen LogP contribution in [0.3, 0.4) is 0 Å². The van der Waals surface area contributed by atoms with Crippen LogP contribution in [-0.4, -0.2) is 13.0 Å². The van der Waals surface area contributed by atoms with Crippen molar-refractivity contribution in [1.29, 1.82) is 0 Å². The van der Waals surface area contributed by atoms with Crippen LogP contribution in [0.4, 0.5) is 0 Å². The quantitative estimate of drug-likeness (QED) is 0.688. The lowest BCUT2D eigenvalue weighted by molar-refractivity contribution is 0.0921. The predicted molar refractivity (Wildman–Crippen MR) is 106 cm³/mol. The zero-order valence-corrected chi connectivity index (χ0v) is 16.3. The minimum absolute atomic E-state index is 0.221. The third-order valence-electron chi connectivity index (χ3n) is 4.66. The molecule has 1 heterocycles. The van der Waals surface area contributed by atoms with Gasteiger partial charge in [-0.3, -0.25) is 4.79 Å². The summed E-state index contributed by atoms with van der Waals surface area (Å²) < 4.78 is 11.0. The van der Waals surface area contributed by atoms with Gasteiger partial charge in [-0.05, 0) is 67.3 Å². The molecule has 0 saturated carbocycles. The summed E-state index contributed by atoms with van der Waals surface area (Å²) >= 11 is 0. The maximum absolute atomic E-state index is 12.4. The summed E-state index contributed by atoms with van der Waals surface area (Å²) in [6.45, 7) is 6.74. The SMILES string of the molecule is COc1cccc(CNC(=O)c2ccc(Cc3c(C)cc(C)cc3C)o2)c1. The lowest BCUT2D eigenvalue weighted by Crippen LogP contribution is -2.22. The molecule has 3 rings (SSSR count). The Bertz CT molecular complexity index is 933. The molecule has 2 aromatic carbocycles. The maximum Gasteiger partial charge on any atom is 0.287 e. The van der Waals surface area contributed by atoms with E-state index in [9.17, 15) is 4.79 Å². The van der Waals surface area contributed by atoms with Gasteiger partial charge in [0.1, 0.15) is 11.5 Å². The van der Waals surface area contributed by atoms with E-state index in [1.54, 1.807) is 13.2 Å². The van der Waals surface area contributed by atoms with Gasteiger partial charge in [0.15, 0.2) is 5.76 Å². The number of furan rings is 1. The van der Waals surface area contributed by atoms with Crippen molar-refractivity contribution in [3.05, 3.63) is 87.9 Å². The zero-order chi connectivity index (χ0) is 19.4. The number of benzene rings is 2. The smallest absolute Gasteiger partial charge is 0.287 e. The van der Waals surface area contributed by atoms with Gasteiger partial charge in [0.25, 0.3) is 5.91 Å². The van der Waals surface area contributed by atoms with Gasteiger partial charge in [-0.25, -0.2) is 0 Å². The highest BCUT2D eigenvalue weighted by molar-refractivity contribution is 5.91. The Kier molecular flexibility index (Phi) is 5.65. The first kappa shape index (κ1) is 18.8. The van der Waals surface area contributed by atoms with E-state index < -0.39 is 0 Å². The molecule has 4 nitrogen and oxygen atoms in total. The van der Waals surface area contributed by atoms with Crippen LogP contribution < -0.4 is 10.1 Å². The Hall–Kier alpha value is -3.01. The van der Waals surface area contributed by atoms with Gasteiger partial charge in [0.05, 0.1) is 7.11 Å². The molecule has 0 atom stereocenters. The van der Waals surface area contributed by atoms with Crippen LogP contribution in [0.1, 0.15) is 44.1 Å². The van der Waals surface area contributed by atoms with Crippen molar-refractivity contribution in [2.24, 2.45) is 0 Å². The van der Waals surface area contributed by atoms with Gasteiger partial charge in [0.2, 0.25) is 0 Å². The second-order valence-electron chi connectivity index (χ2n) is 6.85. The number of methoxy groups -OCH3 is 1. The van der Waals surface area contributed by atoms with Crippen LogP contribution in [0.5, 0.6) is 5.75 Å². The number of rotatable bonds is 6. The van der Waals surface area contributed by atoms with Crippen molar-refractivity contribution in [2.75, 3.05) is 7.11 Å². The normalized spacial score (nSPS) is 10.7. The molecule has 3 aromatic rings. The molecule has 0 aliphatic rings. The van der Waals surface area contributed by atoms with Crippen molar-refractivity contribution >= 4 is 5.91 Å². The Morgan fingerprint density at radius 1 is 1.04 bits per heavy atom. The van der Waals surface area contributed by atoms with Gasteiger partial charge in [-0.2, -0.15) is 0 Å². The molecule has 0 radical (unpaired) electrons. The second kappa shape index (κ2) is 8.12. The van der Waals surface area contributed by atoms with E-state index in [1.807, 2.05) is 30.3 Å². The molecule has 1 amide bonds. The van der Waals surface area contributed by atoms with E-state index in [1.165, 1.54) is 22.3 Å². The highest BCUT2D eigenvalue weighted by Crippen LogP contribution is 2.21. The fourth-order valence-electron chi connectivity index (χ4n) is 3.31. The molecule has 0 fully saturated rings. The molecular formula is C23H25NO3. The molecule has 140 valence electrons. The average Bonchev–Trinajstić information content (AvgIpc) is 3.11. The first-order valence-corrected chi connectivity index (χ1v) is 9.03. The van der Waals surface area contributed by atoms with Crippen molar-refractivity contribution in [1.82, 2.24) is 5.32 Å². The number of aryl methyl sites for hydroxylation is 3. The lowest BCUT2D eigenvalue weighted by atomic mass is 9.97. The summed E-state index contributed by atoms with van der Waals surface area (Å²) in [4.78, 5) is 12.4. The molecule has 0 aliphatic heterocycles. The van der Waals surface area contributed by atoms with Gasteiger partial charge in [-0.1, -0.05) is 29.8 Å². The van der Waals surface area contributed by atoms with Gasteiger partial charge >= 0.3 is 0 Å². The Labute approximate surface area is 160 Å². The van der Waals surface area contributed by atoms with E-state index in [4.69, 9.17) is 9.15 Å². The van der Waals surface area contributed by atoms with E-state index in [-0.39, 0.29) is 5.91 Å². The van der Waals surface area contributed by atoms with Crippen molar-refractivity contribution < 1.29 is 13.9 Å². The molecule has 0 aliphatic carbocycles. The highest BCUT2D eigenvalue weighted by atomic mass is 16.5. The van der Waals surface area contributed by atoms with Crippen molar-refractivity contribution in [3.63, 3.8) is 0 Å². The minimum Gasteiger partial charge on any atom is -0.497 e.